The molecule has 0 saturated heterocycles. The van der Waals surface area contributed by atoms with E-state index in [0.29, 0.717) is 0 Å². The maximum atomic E-state index is 12.5. The summed E-state index contributed by atoms with van der Waals surface area (Å²) >= 11 is 5.63. The van der Waals surface area contributed by atoms with Gasteiger partial charge in [-0.1, -0.05) is 11.6 Å². The number of halogens is 3. The summed E-state index contributed by atoms with van der Waals surface area (Å²) in [6.45, 7) is -0.526. The predicted molar refractivity (Wildman–Crippen MR) is 48.0 cm³/mol. The Balaban J connectivity index is 3.31. The van der Waals surface area contributed by atoms with Crippen molar-refractivity contribution in [3.05, 3.63) is 28.0 Å². The monoisotopic (exact) mass is 222 g/mol. The van der Waals surface area contributed by atoms with Crippen LogP contribution in [-0.2, 0) is 13.2 Å². The summed E-state index contributed by atoms with van der Waals surface area (Å²) in [6.07, 6.45) is -1.51. The summed E-state index contributed by atoms with van der Waals surface area (Å²) in [7, 11) is 0. The van der Waals surface area contributed by atoms with E-state index in [1.165, 1.54) is 6.20 Å². The first-order chi connectivity index (χ1) is 6.61. The molecule has 3 N–H and O–H groups in total. The van der Waals surface area contributed by atoms with Crippen molar-refractivity contribution in [2.45, 2.75) is 19.6 Å². The van der Waals surface area contributed by atoms with Crippen LogP contribution >= 0.6 is 11.6 Å². The molecule has 1 rings (SSSR count). The number of alkyl halides is 2. The average molecular weight is 223 g/mol. The van der Waals surface area contributed by atoms with Gasteiger partial charge in [-0.3, -0.25) is 4.98 Å². The van der Waals surface area contributed by atoms with Crippen molar-refractivity contribution in [1.82, 2.24) is 4.98 Å². The first kappa shape index (κ1) is 11.3. The lowest BCUT2D eigenvalue weighted by Gasteiger charge is -2.10. The molecule has 0 aromatic carbocycles. The van der Waals surface area contributed by atoms with E-state index in [9.17, 15) is 8.78 Å². The van der Waals surface area contributed by atoms with Gasteiger partial charge in [0.2, 0.25) is 0 Å². The Bertz CT molecular complexity index is 333. The van der Waals surface area contributed by atoms with Crippen LogP contribution in [0.5, 0.6) is 0 Å². The largest absolute Gasteiger partial charge is 0.390 e. The van der Waals surface area contributed by atoms with Crippen LogP contribution in [0.15, 0.2) is 6.20 Å². The number of aromatic nitrogens is 1. The van der Waals surface area contributed by atoms with Gasteiger partial charge in [0.05, 0.1) is 17.3 Å². The number of pyridine rings is 1. The Morgan fingerprint density at radius 3 is 2.64 bits per heavy atom. The highest BCUT2D eigenvalue weighted by molar-refractivity contribution is 6.32. The van der Waals surface area contributed by atoms with Gasteiger partial charge in [-0.15, -0.1) is 0 Å². The normalized spacial score (nSPS) is 11.0. The highest BCUT2D eigenvalue weighted by Crippen LogP contribution is 2.31. The van der Waals surface area contributed by atoms with Crippen LogP contribution in [0.2, 0.25) is 5.02 Å². The molecular formula is C8H9ClF2N2O. The lowest BCUT2D eigenvalue weighted by Crippen LogP contribution is -2.06. The van der Waals surface area contributed by atoms with Crippen molar-refractivity contribution in [3.63, 3.8) is 0 Å². The summed E-state index contributed by atoms with van der Waals surface area (Å²) in [4.78, 5) is 3.72. The number of nitrogens with zero attached hydrogens (tertiary/aromatic N) is 1. The van der Waals surface area contributed by atoms with E-state index >= 15 is 0 Å². The first-order valence-electron chi connectivity index (χ1n) is 3.87. The van der Waals surface area contributed by atoms with Gasteiger partial charge < -0.3 is 10.8 Å². The molecule has 3 nitrogen and oxygen atoms in total. The first-order valence-corrected chi connectivity index (χ1v) is 4.24. The zero-order valence-electron chi connectivity index (χ0n) is 7.17. The van der Waals surface area contributed by atoms with Gasteiger partial charge in [0, 0.05) is 18.3 Å². The van der Waals surface area contributed by atoms with Gasteiger partial charge in [-0.05, 0) is 5.56 Å². The van der Waals surface area contributed by atoms with Crippen molar-refractivity contribution < 1.29 is 13.9 Å². The van der Waals surface area contributed by atoms with E-state index < -0.39 is 13.0 Å². The number of hydrogen-bond donors (Lipinski definition) is 2. The highest BCUT2D eigenvalue weighted by atomic mass is 35.5. The van der Waals surface area contributed by atoms with Crippen LogP contribution < -0.4 is 5.73 Å². The standard InChI is InChI=1S/C8H9ClF2N2O/c9-7-5(3-14)13-2-4(1-12)6(7)8(10)11/h2,8,14H,1,3,12H2. The fraction of sp³-hybridized carbons (Fsp3) is 0.375. The van der Waals surface area contributed by atoms with Crippen molar-refractivity contribution >= 4 is 11.6 Å². The number of nitrogens with two attached hydrogens (primary N) is 1. The lowest BCUT2D eigenvalue weighted by atomic mass is 10.1. The molecular weight excluding hydrogens is 214 g/mol. The molecule has 0 aliphatic carbocycles. The molecule has 6 heteroatoms. The molecule has 0 atom stereocenters. The molecule has 0 saturated carbocycles. The molecule has 0 aliphatic heterocycles. The maximum absolute atomic E-state index is 12.5. The van der Waals surface area contributed by atoms with E-state index in [0.717, 1.165) is 0 Å². The molecule has 1 aromatic heterocycles. The Morgan fingerprint density at radius 1 is 1.57 bits per heavy atom. The zero-order valence-corrected chi connectivity index (χ0v) is 7.93. The van der Waals surface area contributed by atoms with Gasteiger partial charge in [0.1, 0.15) is 0 Å². The van der Waals surface area contributed by atoms with Crippen LogP contribution in [-0.4, -0.2) is 10.1 Å². The van der Waals surface area contributed by atoms with Crippen molar-refractivity contribution in [2.24, 2.45) is 5.73 Å². The Labute approximate surface area is 84.5 Å². The third-order valence-electron chi connectivity index (χ3n) is 1.80. The fourth-order valence-corrected chi connectivity index (χ4v) is 1.40. The van der Waals surface area contributed by atoms with E-state index in [1.807, 2.05) is 0 Å². The minimum Gasteiger partial charge on any atom is -0.390 e. The number of hydrogen-bond acceptors (Lipinski definition) is 3. The maximum Gasteiger partial charge on any atom is 0.265 e. The molecule has 14 heavy (non-hydrogen) atoms. The number of aliphatic hydroxyl groups excluding tert-OH is 1. The minimum absolute atomic E-state index is 0.0409. The van der Waals surface area contributed by atoms with E-state index in [2.05, 4.69) is 4.98 Å². The second-order valence-corrected chi connectivity index (χ2v) is 3.00. The second-order valence-electron chi connectivity index (χ2n) is 2.62. The lowest BCUT2D eigenvalue weighted by molar-refractivity contribution is 0.150. The van der Waals surface area contributed by atoms with Crippen LogP contribution in [0.25, 0.3) is 0 Å². The Kier molecular flexibility index (Phi) is 3.74. The van der Waals surface area contributed by atoms with Gasteiger partial charge in [0.25, 0.3) is 6.43 Å². The third-order valence-corrected chi connectivity index (χ3v) is 2.22. The van der Waals surface area contributed by atoms with Gasteiger partial charge in [-0.25, -0.2) is 8.78 Å². The smallest absolute Gasteiger partial charge is 0.265 e. The summed E-state index contributed by atoms with van der Waals surface area (Å²) in [5, 5.41) is 8.56. The average Bonchev–Trinajstić information content (AvgIpc) is 2.16. The van der Waals surface area contributed by atoms with Gasteiger partial charge in [0.15, 0.2) is 0 Å². The Hall–Kier alpha value is -0.780. The summed E-state index contributed by atoms with van der Waals surface area (Å²) in [5.74, 6) is 0. The van der Waals surface area contributed by atoms with Crippen LogP contribution in [0, 0.1) is 0 Å². The molecule has 0 fully saturated rings. The minimum atomic E-state index is -2.71. The molecule has 1 aromatic rings. The molecule has 0 radical (unpaired) electrons. The van der Waals surface area contributed by atoms with Crippen molar-refractivity contribution in [1.29, 1.82) is 0 Å². The number of rotatable bonds is 3. The van der Waals surface area contributed by atoms with Gasteiger partial charge in [-0.2, -0.15) is 0 Å². The van der Waals surface area contributed by atoms with E-state index in [-0.39, 0.29) is 28.4 Å². The summed E-state index contributed by atoms with van der Waals surface area (Å²) in [6, 6.07) is 0. The molecule has 78 valence electrons. The SMILES string of the molecule is NCc1cnc(CO)c(Cl)c1C(F)F. The topological polar surface area (TPSA) is 59.1 Å². The van der Waals surface area contributed by atoms with Crippen LogP contribution in [0.1, 0.15) is 23.2 Å². The molecule has 0 bridgehead atoms. The zero-order chi connectivity index (χ0) is 10.7. The molecule has 0 unspecified atom stereocenters. The van der Waals surface area contributed by atoms with Crippen molar-refractivity contribution in [3.8, 4) is 0 Å². The molecule has 0 amide bonds. The summed E-state index contributed by atoms with van der Waals surface area (Å²) < 4.78 is 25.1. The molecule has 1 heterocycles. The quantitative estimate of drug-likeness (QED) is 0.817. The highest BCUT2D eigenvalue weighted by Gasteiger charge is 2.19. The van der Waals surface area contributed by atoms with E-state index in [1.54, 1.807) is 0 Å². The molecule has 0 aliphatic rings. The molecule has 0 spiro atoms. The second kappa shape index (κ2) is 4.63. The van der Waals surface area contributed by atoms with Crippen molar-refractivity contribution in [2.75, 3.05) is 0 Å². The van der Waals surface area contributed by atoms with E-state index in [4.69, 9.17) is 22.4 Å². The third kappa shape index (κ3) is 2.00. The number of aliphatic hydroxyl groups is 1. The summed E-state index contributed by atoms with van der Waals surface area (Å²) in [5.41, 5.74) is 5.15. The fourth-order valence-electron chi connectivity index (χ4n) is 1.09. The Morgan fingerprint density at radius 2 is 2.21 bits per heavy atom. The van der Waals surface area contributed by atoms with Gasteiger partial charge >= 0.3 is 0 Å². The van der Waals surface area contributed by atoms with Crippen LogP contribution in [0.3, 0.4) is 0 Å². The van der Waals surface area contributed by atoms with Crippen LogP contribution in [0.4, 0.5) is 8.78 Å². The predicted octanol–water partition coefficient (Wildman–Crippen LogP) is 1.62.